The van der Waals surface area contributed by atoms with Crippen LogP contribution in [0.2, 0.25) is 0 Å². The van der Waals surface area contributed by atoms with Crippen molar-refractivity contribution in [3.05, 3.63) is 46.7 Å². The molecular formula is C16H17NO5. The van der Waals surface area contributed by atoms with Gasteiger partial charge in [-0.25, -0.2) is 4.79 Å². The van der Waals surface area contributed by atoms with E-state index >= 15 is 0 Å². The fourth-order valence-electron chi connectivity index (χ4n) is 3.18. The Balaban J connectivity index is 2.17. The van der Waals surface area contributed by atoms with Crippen LogP contribution in [-0.2, 0) is 15.3 Å². The SMILES string of the molecule is CC1=C(C(=O)OC(C)C)[C@]2(O)C(=O)c3ccccc3[C@@]2(O)N1. The van der Waals surface area contributed by atoms with Crippen LogP contribution in [0.15, 0.2) is 35.5 Å². The second-order valence-electron chi connectivity index (χ2n) is 5.87. The zero-order valence-electron chi connectivity index (χ0n) is 12.5. The summed E-state index contributed by atoms with van der Waals surface area (Å²) in [5.41, 5.74) is -4.04. The molecule has 0 spiro atoms. The number of benzene rings is 1. The predicted molar refractivity (Wildman–Crippen MR) is 76.7 cm³/mol. The number of hydrogen-bond donors (Lipinski definition) is 3. The first-order valence-electron chi connectivity index (χ1n) is 7.03. The van der Waals surface area contributed by atoms with Crippen molar-refractivity contribution >= 4 is 11.8 Å². The van der Waals surface area contributed by atoms with Crippen LogP contribution in [0.1, 0.15) is 36.7 Å². The lowest BCUT2D eigenvalue weighted by Gasteiger charge is -2.32. The van der Waals surface area contributed by atoms with E-state index in [4.69, 9.17) is 4.74 Å². The van der Waals surface area contributed by atoms with Gasteiger partial charge in [0.1, 0.15) is 5.57 Å². The van der Waals surface area contributed by atoms with Crippen LogP contribution in [0.5, 0.6) is 0 Å². The molecule has 0 amide bonds. The summed E-state index contributed by atoms with van der Waals surface area (Å²) in [6.07, 6.45) is -0.413. The van der Waals surface area contributed by atoms with E-state index in [9.17, 15) is 19.8 Å². The number of ether oxygens (including phenoxy) is 1. The number of rotatable bonds is 2. The summed E-state index contributed by atoms with van der Waals surface area (Å²) < 4.78 is 5.11. The van der Waals surface area contributed by atoms with Gasteiger partial charge in [0.2, 0.25) is 17.1 Å². The Bertz CT molecular complexity index is 723. The monoisotopic (exact) mass is 303 g/mol. The Morgan fingerprint density at radius 3 is 2.55 bits per heavy atom. The molecule has 1 aliphatic carbocycles. The number of Topliss-reactive ketones (excluding diaryl/α,β-unsaturated/α-hetero) is 1. The predicted octanol–water partition coefficient (Wildman–Crippen LogP) is 0.588. The minimum absolute atomic E-state index is 0.183. The quantitative estimate of drug-likeness (QED) is 0.692. The maximum Gasteiger partial charge on any atom is 0.339 e. The van der Waals surface area contributed by atoms with E-state index in [0.717, 1.165) is 0 Å². The van der Waals surface area contributed by atoms with Crippen molar-refractivity contribution in [1.82, 2.24) is 5.32 Å². The maximum absolute atomic E-state index is 12.7. The van der Waals surface area contributed by atoms with Gasteiger partial charge < -0.3 is 20.3 Å². The minimum Gasteiger partial charge on any atom is -0.459 e. The highest BCUT2D eigenvalue weighted by molar-refractivity contribution is 6.16. The number of nitrogens with one attached hydrogen (secondary N) is 1. The second-order valence-corrected chi connectivity index (χ2v) is 5.87. The summed E-state index contributed by atoms with van der Waals surface area (Å²) in [6, 6.07) is 6.33. The molecule has 6 heteroatoms. The van der Waals surface area contributed by atoms with Gasteiger partial charge in [0.05, 0.1) is 6.10 Å². The topological polar surface area (TPSA) is 95.9 Å². The summed E-state index contributed by atoms with van der Waals surface area (Å²) in [7, 11) is 0. The number of carbonyl (C=O) groups excluding carboxylic acids is 2. The number of ketones is 1. The van der Waals surface area contributed by atoms with E-state index in [-0.39, 0.29) is 22.4 Å². The van der Waals surface area contributed by atoms with E-state index in [0.29, 0.717) is 0 Å². The number of allylic oxidation sites excluding steroid dienone is 1. The highest BCUT2D eigenvalue weighted by Gasteiger charge is 2.70. The van der Waals surface area contributed by atoms with Crippen molar-refractivity contribution in [3.8, 4) is 0 Å². The third-order valence-electron chi connectivity index (χ3n) is 4.07. The zero-order valence-corrected chi connectivity index (χ0v) is 12.5. The molecule has 3 N–H and O–H groups in total. The summed E-state index contributed by atoms with van der Waals surface area (Å²) in [5, 5.41) is 24.6. The normalized spacial score (nSPS) is 29.5. The molecule has 0 saturated heterocycles. The Labute approximate surface area is 127 Å². The standard InChI is InChI=1S/C16H17NO5/c1-8(2)22-14(19)12-9(3)17-16(21)11-7-5-4-6-10(11)13(18)15(12,16)20/h4-8,17,20-21H,1-3H3/t15-,16-/m0/s1. The zero-order chi connectivity index (χ0) is 16.3. The molecule has 1 aromatic rings. The van der Waals surface area contributed by atoms with Crippen molar-refractivity contribution < 1.29 is 24.5 Å². The molecule has 1 aromatic carbocycles. The van der Waals surface area contributed by atoms with Gasteiger partial charge in [-0.05, 0) is 20.8 Å². The molecule has 0 radical (unpaired) electrons. The third-order valence-corrected chi connectivity index (χ3v) is 4.07. The van der Waals surface area contributed by atoms with Gasteiger partial charge in [-0.1, -0.05) is 24.3 Å². The van der Waals surface area contributed by atoms with E-state index < -0.39 is 29.2 Å². The van der Waals surface area contributed by atoms with E-state index in [1.807, 2.05) is 0 Å². The van der Waals surface area contributed by atoms with Crippen LogP contribution in [-0.4, -0.2) is 33.7 Å². The fraction of sp³-hybridized carbons (Fsp3) is 0.375. The smallest absolute Gasteiger partial charge is 0.339 e. The van der Waals surface area contributed by atoms with Gasteiger partial charge in [-0.15, -0.1) is 0 Å². The molecule has 3 rings (SSSR count). The lowest BCUT2D eigenvalue weighted by atomic mass is 9.85. The minimum atomic E-state index is -2.38. The molecule has 1 heterocycles. The average molecular weight is 303 g/mol. The van der Waals surface area contributed by atoms with E-state index in [1.165, 1.54) is 13.0 Å². The first-order chi connectivity index (χ1) is 10.2. The molecule has 0 aromatic heterocycles. The first-order valence-corrected chi connectivity index (χ1v) is 7.03. The van der Waals surface area contributed by atoms with Crippen LogP contribution in [0.3, 0.4) is 0 Å². The lowest BCUT2D eigenvalue weighted by Crippen LogP contribution is -2.56. The largest absolute Gasteiger partial charge is 0.459 e. The van der Waals surface area contributed by atoms with Crippen LogP contribution in [0.4, 0.5) is 0 Å². The van der Waals surface area contributed by atoms with E-state index in [1.54, 1.807) is 32.0 Å². The highest BCUT2D eigenvalue weighted by Crippen LogP contribution is 2.51. The van der Waals surface area contributed by atoms with E-state index in [2.05, 4.69) is 5.32 Å². The van der Waals surface area contributed by atoms with Gasteiger partial charge in [-0.3, -0.25) is 4.79 Å². The third kappa shape index (κ3) is 1.56. The summed E-state index contributed by atoms with van der Waals surface area (Å²) in [5.74, 6) is -1.54. The van der Waals surface area contributed by atoms with Crippen molar-refractivity contribution in [2.75, 3.05) is 0 Å². The van der Waals surface area contributed by atoms with Gasteiger partial charge in [-0.2, -0.15) is 0 Å². The van der Waals surface area contributed by atoms with Crippen molar-refractivity contribution in [3.63, 3.8) is 0 Å². The molecule has 6 nitrogen and oxygen atoms in total. The van der Waals surface area contributed by atoms with Crippen LogP contribution < -0.4 is 5.32 Å². The highest BCUT2D eigenvalue weighted by atomic mass is 16.5. The molecule has 0 bridgehead atoms. The molecule has 0 fully saturated rings. The van der Waals surface area contributed by atoms with Gasteiger partial charge in [0, 0.05) is 16.8 Å². The summed E-state index contributed by atoms with van der Waals surface area (Å²) in [4.78, 5) is 25.0. The summed E-state index contributed by atoms with van der Waals surface area (Å²) in [6.45, 7) is 4.84. The Morgan fingerprint density at radius 1 is 1.27 bits per heavy atom. The van der Waals surface area contributed by atoms with Crippen molar-refractivity contribution in [2.24, 2.45) is 0 Å². The van der Waals surface area contributed by atoms with Gasteiger partial charge in [0.15, 0.2) is 0 Å². The Hall–Kier alpha value is -2.18. The van der Waals surface area contributed by atoms with Crippen molar-refractivity contribution in [1.29, 1.82) is 0 Å². The first kappa shape index (κ1) is 14.7. The molecule has 0 saturated carbocycles. The van der Waals surface area contributed by atoms with Crippen LogP contribution >= 0.6 is 0 Å². The number of aliphatic hydroxyl groups is 2. The molecule has 2 aliphatic rings. The summed E-state index contributed by atoms with van der Waals surface area (Å²) >= 11 is 0. The van der Waals surface area contributed by atoms with Crippen LogP contribution in [0, 0.1) is 0 Å². The Morgan fingerprint density at radius 2 is 1.91 bits per heavy atom. The molecule has 116 valence electrons. The molecular weight excluding hydrogens is 286 g/mol. The molecule has 0 unspecified atom stereocenters. The molecule has 2 atom stereocenters. The number of fused-ring (bicyclic) bond motifs is 3. The average Bonchev–Trinajstić information content (AvgIpc) is 2.74. The number of esters is 1. The molecule has 22 heavy (non-hydrogen) atoms. The number of hydrogen-bond acceptors (Lipinski definition) is 6. The Kier molecular flexibility index (Phi) is 2.95. The van der Waals surface area contributed by atoms with Gasteiger partial charge >= 0.3 is 5.97 Å². The maximum atomic E-state index is 12.7. The second kappa shape index (κ2) is 4.41. The molecule has 1 aliphatic heterocycles. The van der Waals surface area contributed by atoms with Crippen molar-refractivity contribution in [2.45, 2.75) is 38.2 Å². The van der Waals surface area contributed by atoms with Crippen LogP contribution in [0.25, 0.3) is 0 Å². The van der Waals surface area contributed by atoms with Gasteiger partial charge in [0.25, 0.3) is 0 Å². The fourth-order valence-corrected chi connectivity index (χ4v) is 3.18. The lowest BCUT2D eigenvalue weighted by molar-refractivity contribution is -0.150. The number of carbonyl (C=O) groups is 2.